The maximum Gasteiger partial charge on any atom is 0.309 e. The molecule has 3 unspecified atom stereocenters. The number of carbonyl (C=O) groups is 1. The van der Waals surface area contributed by atoms with Crippen LogP contribution in [0.4, 0.5) is 0 Å². The fourth-order valence-electron chi connectivity index (χ4n) is 2.95. The molecule has 0 heterocycles. The van der Waals surface area contributed by atoms with Crippen molar-refractivity contribution in [2.75, 3.05) is 0 Å². The number of hydrogen-bond donors (Lipinski definition) is 2. The lowest BCUT2D eigenvalue weighted by atomic mass is 9.85. The molecule has 0 saturated heterocycles. The first-order valence-corrected chi connectivity index (χ1v) is 5.88. The molecule has 2 fully saturated rings. The van der Waals surface area contributed by atoms with E-state index in [1.165, 1.54) is 0 Å². The molecule has 2 aliphatic rings. The molecule has 17 heavy (non-hydrogen) atoms. The van der Waals surface area contributed by atoms with Crippen LogP contribution in [0.5, 0.6) is 0 Å². The average Bonchev–Trinajstić information content (AvgIpc) is 2.65. The van der Waals surface area contributed by atoms with Crippen molar-refractivity contribution in [3.8, 4) is 0 Å². The lowest BCUT2D eigenvalue weighted by molar-refractivity contribution is -0.165. The van der Waals surface area contributed by atoms with Gasteiger partial charge in [0.15, 0.2) is 0 Å². The predicted octanol–water partition coefficient (Wildman–Crippen LogP) is 1.34. The highest BCUT2D eigenvalue weighted by Gasteiger charge is 2.54. The number of fused-ring (bicyclic) bond motifs is 2. The molecule has 2 saturated carbocycles. The van der Waals surface area contributed by atoms with Gasteiger partial charge in [0, 0.05) is 5.92 Å². The Labute approximate surface area is 103 Å². The van der Waals surface area contributed by atoms with E-state index in [-0.39, 0.29) is 31.1 Å². The molecule has 4 heteroatoms. The van der Waals surface area contributed by atoms with Crippen LogP contribution in [0, 0.1) is 17.8 Å². The molecule has 0 amide bonds. The van der Waals surface area contributed by atoms with Crippen molar-refractivity contribution in [2.45, 2.75) is 58.8 Å². The second-order valence-corrected chi connectivity index (χ2v) is 6.02. The first-order chi connectivity index (χ1) is 7.29. The molecule has 2 bridgehead atoms. The van der Waals surface area contributed by atoms with Crippen LogP contribution in [0.2, 0.25) is 0 Å². The molecule has 0 spiro atoms. The van der Waals surface area contributed by atoms with Gasteiger partial charge in [0.1, 0.15) is 5.60 Å². The summed E-state index contributed by atoms with van der Waals surface area (Å²) in [6.07, 6.45) is -0.00991. The number of hydrogen-bond acceptors (Lipinski definition) is 4. The van der Waals surface area contributed by atoms with Crippen molar-refractivity contribution in [3.05, 3.63) is 0 Å². The molecule has 0 radical (unpaired) electrons. The van der Waals surface area contributed by atoms with Crippen molar-refractivity contribution in [1.29, 1.82) is 0 Å². The zero-order valence-corrected chi connectivity index (χ0v) is 10.0. The maximum absolute atomic E-state index is 11.9. The molecule has 100 valence electrons. The fraction of sp³-hybridized carbons (Fsp3) is 0.923. The van der Waals surface area contributed by atoms with E-state index in [0.29, 0.717) is 6.42 Å². The van der Waals surface area contributed by atoms with Gasteiger partial charge >= 0.3 is 5.97 Å². The summed E-state index contributed by atoms with van der Waals surface area (Å²) in [5.41, 5.74) is -0.484. The van der Waals surface area contributed by atoms with Crippen LogP contribution < -0.4 is 0 Å². The predicted molar refractivity (Wildman–Crippen MR) is 64.3 cm³/mol. The van der Waals surface area contributed by atoms with Gasteiger partial charge in [-0.15, -0.1) is 0 Å². The van der Waals surface area contributed by atoms with E-state index in [1.54, 1.807) is 0 Å². The molecule has 0 aromatic heterocycles. The molecular weight excluding hydrogens is 220 g/mol. The highest BCUT2D eigenvalue weighted by molar-refractivity contribution is 5.74. The minimum atomic E-state index is -0.753. The van der Waals surface area contributed by atoms with E-state index in [0.717, 1.165) is 6.42 Å². The molecule has 0 aliphatic heterocycles. The smallest absolute Gasteiger partial charge is 0.309 e. The Hall–Kier alpha value is -0.610. The van der Waals surface area contributed by atoms with Crippen LogP contribution in [-0.4, -0.2) is 34.0 Å². The summed E-state index contributed by atoms with van der Waals surface area (Å²) in [5.74, 6) is -0.513. The molecule has 0 aromatic carbocycles. The maximum atomic E-state index is 11.9. The number of carbonyl (C=O) groups excluding carboxylic acids is 1. The summed E-state index contributed by atoms with van der Waals surface area (Å²) in [7, 11) is 0. The summed E-state index contributed by atoms with van der Waals surface area (Å²) in [4.78, 5) is 11.9. The minimum Gasteiger partial charge on any atom is -0.460 e. The molecular formula is C13H24O4. The Balaban J connectivity index is 0.00000144. The van der Waals surface area contributed by atoms with Gasteiger partial charge < -0.3 is 14.9 Å². The van der Waals surface area contributed by atoms with Crippen LogP contribution >= 0.6 is 0 Å². The zero-order chi connectivity index (χ0) is 12.1. The highest BCUT2D eigenvalue weighted by atomic mass is 16.6. The number of aliphatic hydroxyl groups excluding tert-OH is 2. The van der Waals surface area contributed by atoms with Crippen LogP contribution in [-0.2, 0) is 9.53 Å². The van der Waals surface area contributed by atoms with Gasteiger partial charge in [-0.25, -0.2) is 0 Å². The summed E-state index contributed by atoms with van der Waals surface area (Å²) < 4.78 is 5.33. The van der Waals surface area contributed by atoms with Gasteiger partial charge in [-0.05, 0) is 39.5 Å². The van der Waals surface area contributed by atoms with E-state index in [1.807, 2.05) is 20.8 Å². The summed E-state index contributed by atoms with van der Waals surface area (Å²) in [6, 6.07) is 0. The van der Waals surface area contributed by atoms with E-state index >= 15 is 0 Å². The topological polar surface area (TPSA) is 66.8 Å². The lowest BCUT2D eigenvalue weighted by Crippen LogP contribution is -2.41. The second kappa shape index (κ2) is 4.58. The third kappa shape index (κ3) is 2.63. The van der Waals surface area contributed by atoms with Crippen LogP contribution in [0.3, 0.4) is 0 Å². The van der Waals surface area contributed by atoms with Crippen LogP contribution in [0.1, 0.15) is 41.0 Å². The monoisotopic (exact) mass is 244 g/mol. The summed E-state index contributed by atoms with van der Waals surface area (Å²) >= 11 is 0. The number of rotatable bonds is 1. The number of ether oxygens (including phenoxy) is 1. The summed E-state index contributed by atoms with van der Waals surface area (Å²) in [5, 5.41) is 19.4. The third-order valence-corrected chi connectivity index (χ3v) is 3.63. The quantitative estimate of drug-likeness (QED) is 0.683. The van der Waals surface area contributed by atoms with Crippen LogP contribution in [0.15, 0.2) is 0 Å². The Morgan fingerprint density at radius 1 is 1.18 bits per heavy atom. The standard InChI is InChI=1S/C12H20O4.CH4/c1-12(2,3)16-11(15)8-5-6-4-7(8)10(14)9(6)13;/h6-10,13-14H,4-5H2,1-3H3;1H4/t6?,7?,8?,9-,10+;/m1./s1. The van der Waals surface area contributed by atoms with Gasteiger partial charge in [0.2, 0.25) is 0 Å². The normalized spacial score (nSPS) is 39.9. The van der Waals surface area contributed by atoms with Gasteiger partial charge in [-0.3, -0.25) is 4.79 Å². The molecule has 2 rings (SSSR count). The van der Waals surface area contributed by atoms with Gasteiger partial charge in [-0.1, -0.05) is 7.43 Å². The Morgan fingerprint density at radius 2 is 1.76 bits per heavy atom. The van der Waals surface area contributed by atoms with Crippen molar-refractivity contribution in [1.82, 2.24) is 0 Å². The first kappa shape index (κ1) is 14.5. The minimum absolute atomic E-state index is 0. The number of esters is 1. The summed E-state index contributed by atoms with van der Waals surface area (Å²) in [6.45, 7) is 5.51. The van der Waals surface area contributed by atoms with Crippen molar-refractivity contribution < 1.29 is 19.7 Å². The van der Waals surface area contributed by atoms with Crippen molar-refractivity contribution >= 4 is 5.97 Å². The average molecular weight is 244 g/mol. The molecule has 4 nitrogen and oxygen atoms in total. The van der Waals surface area contributed by atoms with Crippen LogP contribution in [0.25, 0.3) is 0 Å². The van der Waals surface area contributed by atoms with Gasteiger partial charge in [-0.2, -0.15) is 0 Å². The second-order valence-electron chi connectivity index (χ2n) is 6.02. The number of aliphatic hydroxyl groups is 2. The van der Waals surface area contributed by atoms with Crippen molar-refractivity contribution in [2.24, 2.45) is 17.8 Å². The van der Waals surface area contributed by atoms with E-state index < -0.39 is 17.8 Å². The Morgan fingerprint density at radius 3 is 2.18 bits per heavy atom. The third-order valence-electron chi connectivity index (χ3n) is 3.63. The lowest BCUT2D eigenvalue weighted by Gasteiger charge is -2.30. The van der Waals surface area contributed by atoms with E-state index in [4.69, 9.17) is 4.74 Å². The largest absolute Gasteiger partial charge is 0.460 e. The Kier molecular flexibility index (Phi) is 3.89. The van der Waals surface area contributed by atoms with E-state index in [9.17, 15) is 15.0 Å². The first-order valence-electron chi connectivity index (χ1n) is 5.88. The van der Waals surface area contributed by atoms with Crippen molar-refractivity contribution in [3.63, 3.8) is 0 Å². The zero-order valence-electron chi connectivity index (χ0n) is 10.0. The molecule has 0 aromatic rings. The SMILES string of the molecule is C.CC(C)(C)OC(=O)C1CC2CC1[C@H](O)[C@@H]2O. The highest BCUT2D eigenvalue weighted by Crippen LogP contribution is 2.49. The Bertz CT molecular complexity index is 292. The molecule has 5 atom stereocenters. The van der Waals surface area contributed by atoms with Gasteiger partial charge in [0.05, 0.1) is 18.1 Å². The molecule has 2 aliphatic carbocycles. The molecule has 2 N–H and O–H groups in total. The van der Waals surface area contributed by atoms with E-state index in [2.05, 4.69) is 0 Å². The fourth-order valence-corrected chi connectivity index (χ4v) is 2.95. The van der Waals surface area contributed by atoms with Gasteiger partial charge in [0.25, 0.3) is 0 Å².